The highest BCUT2D eigenvalue weighted by molar-refractivity contribution is 6.03. The average Bonchev–Trinajstić information content (AvgIpc) is 3.31. The Morgan fingerprint density at radius 2 is 2.24 bits per heavy atom. The van der Waals surface area contributed by atoms with Crippen molar-refractivity contribution >= 4 is 22.7 Å². The molecule has 3 heterocycles. The number of likely N-dealkylation sites (N-methyl/N-ethyl adjacent to an activating group) is 1. The molecule has 1 fully saturated rings. The van der Waals surface area contributed by atoms with Gasteiger partial charge in [-0.1, -0.05) is 0 Å². The van der Waals surface area contributed by atoms with Gasteiger partial charge in [0.2, 0.25) is 0 Å². The smallest absolute Gasteiger partial charge is 0.408 e. The van der Waals surface area contributed by atoms with Gasteiger partial charge in [0.05, 0.1) is 11.6 Å². The van der Waals surface area contributed by atoms with E-state index in [-0.39, 0.29) is 11.9 Å². The van der Waals surface area contributed by atoms with Crippen molar-refractivity contribution in [3.05, 3.63) is 46.7 Å². The normalized spacial score (nSPS) is 17.1. The SMILES string of the molecule is CN(C)CCn1c(=O)oc2ccc(NC(=O)c3ccn(C4CCCNC4)n3)cc21. The highest BCUT2D eigenvalue weighted by atomic mass is 16.4. The van der Waals surface area contributed by atoms with Crippen LogP contribution in [0.3, 0.4) is 0 Å². The number of amides is 1. The molecule has 2 aromatic heterocycles. The molecule has 1 aliphatic heterocycles. The van der Waals surface area contributed by atoms with Crippen molar-refractivity contribution in [3.8, 4) is 0 Å². The summed E-state index contributed by atoms with van der Waals surface area (Å²) in [6.45, 7) is 3.11. The van der Waals surface area contributed by atoms with Crippen LogP contribution >= 0.6 is 0 Å². The molecule has 1 saturated heterocycles. The highest BCUT2D eigenvalue weighted by Gasteiger charge is 2.18. The summed E-state index contributed by atoms with van der Waals surface area (Å²) in [6, 6.07) is 7.19. The van der Waals surface area contributed by atoms with E-state index in [9.17, 15) is 9.59 Å². The molecule has 4 rings (SSSR count). The Bertz CT molecular complexity index is 1060. The van der Waals surface area contributed by atoms with Crippen molar-refractivity contribution in [2.45, 2.75) is 25.4 Å². The van der Waals surface area contributed by atoms with Crippen LogP contribution in [0.4, 0.5) is 5.69 Å². The standard InChI is InChI=1S/C20H26N6O3/c1-24(2)10-11-25-17-12-14(5-6-18(17)29-20(25)28)22-19(27)16-7-9-26(23-16)15-4-3-8-21-13-15/h5-7,9,12,15,21H,3-4,8,10-11,13H2,1-2H3,(H,22,27). The van der Waals surface area contributed by atoms with Crippen molar-refractivity contribution in [2.75, 3.05) is 39.0 Å². The first-order valence-corrected chi connectivity index (χ1v) is 9.86. The second-order valence-corrected chi connectivity index (χ2v) is 7.64. The lowest BCUT2D eigenvalue weighted by atomic mass is 10.1. The van der Waals surface area contributed by atoms with Crippen LogP contribution in [0, 0.1) is 0 Å². The number of nitrogens with one attached hydrogen (secondary N) is 2. The average molecular weight is 398 g/mol. The van der Waals surface area contributed by atoms with Crippen LogP contribution in [0.1, 0.15) is 29.4 Å². The van der Waals surface area contributed by atoms with Crippen molar-refractivity contribution in [1.29, 1.82) is 0 Å². The van der Waals surface area contributed by atoms with Gasteiger partial charge in [-0.15, -0.1) is 0 Å². The Kier molecular flexibility index (Phi) is 5.50. The van der Waals surface area contributed by atoms with Crippen molar-refractivity contribution in [2.24, 2.45) is 0 Å². The highest BCUT2D eigenvalue weighted by Crippen LogP contribution is 2.20. The van der Waals surface area contributed by atoms with Gasteiger partial charge in [-0.3, -0.25) is 14.0 Å². The van der Waals surface area contributed by atoms with E-state index in [4.69, 9.17) is 4.42 Å². The summed E-state index contributed by atoms with van der Waals surface area (Å²) in [5.74, 6) is -0.678. The molecule has 1 aliphatic rings. The molecule has 3 aromatic rings. The van der Waals surface area contributed by atoms with E-state index in [1.54, 1.807) is 28.8 Å². The molecule has 0 radical (unpaired) electrons. The lowest BCUT2D eigenvalue weighted by Gasteiger charge is -2.22. The van der Waals surface area contributed by atoms with Crippen LogP contribution in [0.15, 0.2) is 39.7 Å². The number of hydrogen-bond acceptors (Lipinski definition) is 6. The predicted octanol–water partition coefficient (Wildman–Crippen LogP) is 1.53. The van der Waals surface area contributed by atoms with E-state index in [2.05, 4.69) is 15.7 Å². The van der Waals surface area contributed by atoms with Gasteiger partial charge in [0.15, 0.2) is 11.3 Å². The number of carbonyl (C=O) groups excluding carboxylic acids is 1. The maximum absolute atomic E-state index is 12.7. The van der Waals surface area contributed by atoms with Crippen LogP contribution in [0.5, 0.6) is 0 Å². The van der Waals surface area contributed by atoms with E-state index in [1.165, 1.54) is 0 Å². The first-order chi connectivity index (χ1) is 14.0. The Morgan fingerprint density at radius 1 is 1.38 bits per heavy atom. The number of carbonyl (C=O) groups is 1. The molecule has 29 heavy (non-hydrogen) atoms. The number of oxazole rings is 1. The fraction of sp³-hybridized carbons (Fsp3) is 0.450. The molecule has 1 amide bonds. The molecule has 0 bridgehead atoms. The molecule has 0 saturated carbocycles. The molecule has 154 valence electrons. The molecular weight excluding hydrogens is 372 g/mol. The number of anilines is 1. The minimum Gasteiger partial charge on any atom is -0.408 e. The number of piperidine rings is 1. The summed E-state index contributed by atoms with van der Waals surface area (Å²) >= 11 is 0. The fourth-order valence-corrected chi connectivity index (χ4v) is 3.57. The van der Waals surface area contributed by atoms with Gasteiger partial charge in [-0.2, -0.15) is 5.10 Å². The molecule has 9 nitrogen and oxygen atoms in total. The van der Waals surface area contributed by atoms with Gasteiger partial charge < -0.3 is 20.0 Å². The van der Waals surface area contributed by atoms with Crippen molar-refractivity contribution in [1.82, 2.24) is 24.6 Å². The van der Waals surface area contributed by atoms with Crippen LogP contribution in [0.25, 0.3) is 11.1 Å². The van der Waals surface area contributed by atoms with Gasteiger partial charge in [0.1, 0.15) is 0 Å². The van der Waals surface area contributed by atoms with Crippen LogP contribution in [-0.4, -0.2) is 58.9 Å². The monoisotopic (exact) mass is 398 g/mol. The number of nitrogens with zero attached hydrogens (tertiary/aromatic N) is 4. The molecule has 0 aliphatic carbocycles. The number of fused-ring (bicyclic) bond motifs is 1. The number of aromatic nitrogens is 3. The first-order valence-electron chi connectivity index (χ1n) is 9.86. The number of rotatable bonds is 6. The van der Waals surface area contributed by atoms with Gasteiger partial charge in [-0.25, -0.2) is 4.79 Å². The predicted molar refractivity (Wildman–Crippen MR) is 110 cm³/mol. The summed E-state index contributed by atoms with van der Waals surface area (Å²) < 4.78 is 8.74. The van der Waals surface area contributed by atoms with Gasteiger partial charge in [0, 0.05) is 31.5 Å². The Labute approximate surface area is 168 Å². The van der Waals surface area contributed by atoms with E-state index in [0.717, 1.165) is 25.9 Å². The number of benzene rings is 1. The largest absolute Gasteiger partial charge is 0.419 e. The Balaban J connectivity index is 1.51. The van der Waals surface area contributed by atoms with Crippen LogP contribution < -0.4 is 16.4 Å². The van der Waals surface area contributed by atoms with Crippen LogP contribution in [0.2, 0.25) is 0 Å². The van der Waals surface area contributed by atoms with E-state index in [0.29, 0.717) is 35.6 Å². The maximum atomic E-state index is 12.7. The molecule has 1 atom stereocenters. The Morgan fingerprint density at radius 3 is 3.00 bits per heavy atom. The van der Waals surface area contributed by atoms with Gasteiger partial charge in [-0.05, 0) is 57.7 Å². The molecule has 1 aromatic carbocycles. The molecule has 9 heteroatoms. The third kappa shape index (κ3) is 4.25. The summed E-state index contributed by atoms with van der Waals surface area (Å²) in [6.07, 6.45) is 4.01. The van der Waals surface area contributed by atoms with Crippen molar-refractivity contribution in [3.63, 3.8) is 0 Å². The summed E-state index contributed by atoms with van der Waals surface area (Å²) in [7, 11) is 3.89. The molecule has 1 unspecified atom stereocenters. The third-order valence-corrected chi connectivity index (χ3v) is 5.18. The second kappa shape index (κ2) is 8.22. The summed E-state index contributed by atoms with van der Waals surface area (Å²) in [5.41, 5.74) is 2.12. The first kappa shape index (κ1) is 19.4. The van der Waals surface area contributed by atoms with Crippen molar-refractivity contribution < 1.29 is 9.21 Å². The minimum absolute atomic E-state index is 0.277. The summed E-state index contributed by atoms with van der Waals surface area (Å²) in [5, 5.41) is 10.7. The van der Waals surface area contributed by atoms with Gasteiger partial charge >= 0.3 is 5.76 Å². The fourth-order valence-electron chi connectivity index (χ4n) is 3.57. The van der Waals surface area contributed by atoms with E-state index >= 15 is 0 Å². The Hall–Kier alpha value is -2.91. The minimum atomic E-state index is -0.398. The zero-order chi connectivity index (χ0) is 20.4. The lowest BCUT2D eigenvalue weighted by Crippen LogP contribution is -2.32. The van der Waals surface area contributed by atoms with E-state index < -0.39 is 5.76 Å². The zero-order valence-corrected chi connectivity index (χ0v) is 16.7. The van der Waals surface area contributed by atoms with Crippen LogP contribution in [-0.2, 0) is 6.54 Å². The maximum Gasteiger partial charge on any atom is 0.419 e. The van der Waals surface area contributed by atoms with E-state index in [1.807, 2.05) is 29.9 Å². The molecule has 0 spiro atoms. The second-order valence-electron chi connectivity index (χ2n) is 7.64. The lowest BCUT2D eigenvalue weighted by molar-refractivity contribution is 0.102. The molecular formula is C20H26N6O3. The topological polar surface area (TPSA) is 97.3 Å². The summed E-state index contributed by atoms with van der Waals surface area (Å²) in [4.78, 5) is 26.8. The molecule has 2 N–H and O–H groups in total. The quantitative estimate of drug-likeness (QED) is 0.654. The zero-order valence-electron chi connectivity index (χ0n) is 16.7. The number of hydrogen-bond donors (Lipinski definition) is 2. The third-order valence-electron chi connectivity index (χ3n) is 5.18. The van der Waals surface area contributed by atoms with Gasteiger partial charge in [0.25, 0.3) is 5.91 Å².